The minimum absolute atomic E-state index is 0.277. The largest absolute Gasteiger partial charge is 0.480 e. The molecular weight excluding hydrogens is 290 g/mol. The standard InChI is InChI=1S/C19H29NO3/c1-23-13-5-3-2-4-6-15-7-9-16(10-8-15)17-11-12-19(20,14-17)18(21)22/h7-10,17H,2-6,11-14,20H2,1H3,(H,21,22). The van der Waals surface area contributed by atoms with Gasteiger partial charge in [0.15, 0.2) is 0 Å². The second-order valence-corrected chi connectivity index (χ2v) is 6.80. The molecule has 0 spiro atoms. The monoisotopic (exact) mass is 319 g/mol. The number of hydrogen-bond acceptors (Lipinski definition) is 3. The van der Waals surface area contributed by atoms with E-state index in [1.807, 2.05) is 0 Å². The Morgan fingerprint density at radius 1 is 1.26 bits per heavy atom. The van der Waals surface area contributed by atoms with Gasteiger partial charge in [-0.3, -0.25) is 4.79 Å². The van der Waals surface area contributed by atoms with Crippen LogP contribution in [0.15, 0.2) is 24.3 Å². The van der Waals surface area contributed by atoms with E-state index in [-0.39, 0.29) is 5.92 Å². The molecule has 2 unspecified atom stereocenters. The number of carboxylic acids is 1. The molecule has 2 atom stereocenters. The molecule has 23 heavy (non-hydrogen) atoms. The van der Waals surface area contributed by atoms with Crippen molar-refractivity contribution in [3.8, 4) is 0 Å². The van der Waals surface area contributed by atoms with E-state index >= 15 is 0 Å². The first kappa shape index (κ1) is 18.0. The molecule has 1 aromatic carbocycles. The van der Waals surface area contributed by atoms with Crippen LogP contribution in [0.1, 0.15) is 62.0 Å². The summed E-state index contributed by atoms with van der Waals surface area (Å²) in [4.78, 5) is 11.2. The fourth-order valence-electron chi connectivity index (χ4n) is 3.44. The topological polar surface area (TPSA) is 72.5 Å². The van der Waals surface area contributed by atoms with Crippen molar-refractivity contribution in [2.75, 3.05) is 13.7 Å². The van der Waals surface area contributed by atoms with E-state index in [2.05, 4.69) is 24.3 Å². The third-order valence-corrected chi connectivity index (χ3v) is 4.99. The van der Waals surface area contributed by atoms with Gasteiger partial charge in [-0.2, -0.15) is 0 Å². The summed E-state index contributed by atoms with van der Waals surface area (Å²) in [5.41, 5.74) is 7.51. The average molecular weight is 319 g/mol. The van der Waals surface area contributed by atoms with E-state index in [4.69, 9.17) is 10.5 Å². The van der Waals surface area contributed by atoms with Gasteiger partial charge >= 0.3 is 5.97 Å². The van der Waals surface area contributed by atoms with Gasteiger partial charge in [0.1, 0.15) is 5.54 Å². The van der Waals surface area contributed by atoms with Gasteiger partial charge in [-0.15, -0.1) is 0 Å². The Morgan fingerprint density at radius 2 is 1.96 bits per heavy atom. The van der Waals surface area contributed by atoms with E-state index in [0.717, 1.165) is 25.9 Å². The van der Waals surface area contributed by atoms with Crippen molar-refractivity contribution in [3.05, 3.63) is 35.4 Å². The van der Waals surface area contributed by atoms with Gasteiger partial charge in [-0.25, -0.2) is 0 Å². The highest BCUT2D eigenvalue weighted by atomic mass is 16.5. The molecule has 0 aromatic heterocycles. The van der Waals surface area contributed by atoms with Crippen molar-refractivity contribution < 1.29 is 14.6 Å². The summed E-state index contributed by atoms with van der Waals surface area (Å²) in [6, 6.07) is 8.67. The summed E-state index contributed by atoms with van der Waals surface area (Å²) in [5, 5.41) is 9.22. The molecule has 4 heteroatoms. The lowest BCUT2D eigenvalue weighted by Gasteiger charge is -2.18. The van der Waals surface area contributed by atoms with Crippen LogP contribution in [0.2, 0.25) is 0 Å². The number of carbonyl (C=O) groups is 1. The summed E-state index contributed by atoms with van der Waals surface area (Å²) in [7, 11) is 1.75. The maximum absolute atomic E-state index is 11.2. The summed E-state index contributed by atoms with van der Waals surface area (Å²) < 4.78 is 5.05. The molecule has 0 aliphatic heterocycles. The number of carboxylic acid groups (broad SMARTS) is 1. The second-order valence-electron chi connectivity index (χ2n) is 6.80. The quantitative estimate of drug-likeness (QED) is 0.683. The number of methoxy groups -OCH3 is 1. The molecule has 1 aromatic rings. The fraction of sp³-hybridized carbons (Fsp3) is 0.632. The highest BCUT2D eigenvalue weighted by Gasteiger charge is 2.42. The molecule has 0 radical (unpaired) electrons. The minimum Gasteiger partial charge on any atom is -0.480 e. The van der Waals surface area contributed by atoms with E-state index in [1.165, 1.54) is 30.4 Å². The average Bonchev–Trinajstić information content (AvgIpc) is 2.95. The van der Waals surface area contributed by atoms with Gasteiger partial charge in [0.25, 0.3) is 0 Å². The molecule has 1 aliphatic rings. The second kappa shape index (κ2) is 8.46. The Balaban J connectivity index is 1.78. The number of hydrogen-bond donors (Lipinski definition) is 2. The molecule has 128 valence electrons. The number of unbranched alkanes of at least 4 members (excludes halogenated alkanes) is 3. The minimum atomic E-state index is -1.04. The fourth-order valence-corrected chi connectivity index (χ4v) is 3.44. The van der Waals surface area contributed by atoms with Gasteiger partial charge in [0.2, 0.25) is 0 Å². The van der Waals surface area contributed by atoms with Gasteiger partial charge in [-0.1, -0.05) is 37.1 Å². The van der Waals surface area contributed by atoms with Gasteiger partial charge in [0, 0.05) is 13.7 Å². The molecule has 0 heterocycles. The Bertz CT molecular complexity index is 500. The number of rotatable bonds is 9. The van der Waals surface area contributed by atoms with Crippen LogP contribution in [0.3, 0.4) is 0 Å². The predicted octanol–water partition coefficient (Wildman–Crippen LogP) is 3.49. The summed E-state index contributed by atoms with van der Waals surface area (Å²) >= 11 is 0. The van der Waals surface area contributed by atoms with E-state index in [0.29, 0.717) is 12.8 Å². The molecule has 4 nitrogen and oxygen atoms in total. The normalized spacial score (nSPS) is 24.0. The van der Waals surface area contributed by atoms with Gasteiger partial charge in [0.05, 0.1) is 0 Å². The van der Waals surface area contributed by atoms with Gasteiger partial charge < -0.3 is 15.6 Å². The lowest BCUT2D eigenvalue weighted by molar-refractivity contribution is -0.143. The lowest BCUT2D eigenvalue weighted by Crippen LogP contribution is -2.45. The Labute approximate surface area is 139 Å². The maximum Gasteiger partial charge on any atom is 0.323 e. The molecule has 0 saturated heterocycles. The highest BCUT2D eigenvalue weighted by Crippen LogP contribution is 2.39. The molecule has 1 aliphatic carbocycles. The van der Waals surface area contributed by atoms with Crippen LogP contribution in [0, 0.1) is 0 Å². The summed E-state index contributed by atoms with van der Waals surface area (Å²) in [6.07, 6.45) is 7.88. The van der Waals surface area contributed by atoms with Crippen molar-refractivity contribution in [2.24, 2.45) is 5.73 Å². The SMILES string of the molecule is COCCCCCCc1ccc(C2CCC(N)(C(=O)O)C2)cc1. The van der Waals surface area contributed by atoms with Gasteiger partial charge in [-0.05, 0) is 55.6 Å². The molecule has 1 saturated carbocycles. The van der Waals surface area contributed by atoms with E-state index < -0.39 is 11.5 Å². The predicted molar refractivity (Wildman–Crippen MR) is 91.6 cm³/mol. The van der Waals surface area contributed by atoms with Crippen molar-refractivity contribution >= 4 is 5.97 Å². The van der Waals surface area contributed by atoms with Crippen LogP contribution < -0.4 is 5.73 Å². The number of ether oxygens (including phenoxy) is 1. The zero-order valence-electron chi connectivity index (χ0n) is 14.1. The lowest BCUT2D eigenvalue weighted by atomic mass is 9.92. The number of nitrogens with two attached hydrogens (primary N) is 1. The van der Waals surface area contributed by atoms with E-state index in [9.17, 15) is 9.90 Å². The Morgan fingerprint density at radius 3 is 2.57 bits per heavy atom. The van der Waals surface area contributed by atoms with Crippen LogP contribution >= 0.6 is 0 Å². The smallest absolute Gasteiger partial charge is 0.323 e. The van der Waals surface area contributed by atoms with E-state index in [1.54, 1.807) is 7.11 Å². The molecular formula is C19H29NO3. The first-order chi connectivity index (χ1) is 11.0. The van der Waals surface area contributed by atoms with Crippen molar-refractivity contribution in [3.63, 3.8) is 0 Å². The Kier molecular flexibility index (Phi) is 6.60. The van der Waals surface area contributed by atoms with Crippen LogP contribution in [0.25, 0.3) is 0 Å². The third-order valence-electron chi connectivity index (χ3n) is 4.99. The third kappa shape index (κ3) is 5.05. The zero-order chi connectivity index (χ0) is 16.7. The highest BCUT2D eigenvalue weighted by molar-refractivity contribution is 5.79. The van der Waals surface area contributed by atoms with Crippen LogP contribution in [-0.4, -0.2) is 30.3 Å². The van der Waals surface area contributed by atoms with Crippen molar-refractivity contribution in [2.45, 2.75) is 62.8 Å². The first-order valence-corrected chi connectivity index (χ1v) is 8.65. The van der Waals surface area contributed by atoms with Crippen LogP contribution in [0.4, 0.5) is 0 Å². The maximum atomic E-state index is 11.2. The number of aryl methyl sites for hydroxylation is 1. The van der Waals surface area contributed by atoms with Crippen molar-refractivity contribution in [1.29, 1.82) is 0 Å². The molecule has 3 N–H and O–H groups in total. The summed E-state index contributed by atoms with van der Waals surface area (Å²) in [5.74, 6) is -0.593. The first-order valence-electron chi connectivity index (χ1n) is 8.65. The molecule has 0 bridgehead atoms. The van der Waals surface area contributed by atoms with Crippen LogP contribution in [-0.2, 0) is 16.0 Å². The van der Waals surface area contributed by atoms with Crippen molar-refractivity contribution in [1.82, 2.24) is 0 Å². The molecule has 2 rings (SSSR count). The number of aliphatic carboxylic acids is 1. The summed E-state index contributed by atoms with van der Waals surface area (Å²) in [6.45, 7) is 0.856. The molecule has 1 fully saturated rings. The number of benzene rings is 1. The zero-order valence-corrected chi connectivity index (χ0v) is 14.1. The molecule has 0 amide bonds. The van der Waals surface area contributed by atoms with Crippen LogP contribution in [0.5, 0.6) is 0 Å². The Hall–Kier alpha value is -1.39.